The molecule has 1 fully saturated rings. The molecule has 0 aromatic carbocycles. The molecule has 0 aliphatic carbocycles. The first-order chi connectivity index (χ1) is 8.69. The second kappa shape index (κ2) is 8.35. The molecule has 1 aliphatic heterocycles. The average molecular weight is 254 g/mol. The zero-order valence-corrected chi connectivity index (χ0v) is 12.6. The van der Waals surface area contributed by atoms with E-state index in [1.807, 2.05) is 0 Å². The molecule has 4 heteroatoms. The second-order valence-electron chi connectivity index (χ2n) is 5.17. The molecular weight excluding hydrogens is 224 g/mol. The van der Waals surface area contributed by atoms with E-state index in [0.29, 0.717) is 6.04 Å². The average Bonchev–Trinajstić information content (AvgIpc) is 2.90. The van der Waals surface area contributed by atoms with Crippen molar-refractivity contribution < 1.29 is 0 Å². The first-order valence-electron chi connectivity index (χ1n) is 7.42. The highest BCUT2D eigenvalue weighted by Crippen LogP contribution is 2.07. The number of hydrogen-bond donors (Lipinski definition) is 1. The van der Waals surface area contributed by atoms with E-state index in [2.05, 4.69) is 42.9 Å². The highest BCUT2D eigenvalue weighted by molar-refractivity contribution is 5.80. The molecule has 1 aliphatic rings. The van der Waals surface area contributed by atoms with Crippen LogP contribution in [0.25, 0.3) is 0 Å². The largest absolute Gasteiger partial charge is 0.357 e. The topological polar surface area (TPSA) is 30.9 Å². The summed E-state index contributed by atoms with van der Waals surface area (Å²) in [5.74, 6) is 1.10. The molecule has 0 aromatic heterocycles. The summed E-state index contributed by atoms with van der Waals surface area (Å²) in [6.07, 6.45) is 3.81. The van der Waals surface area contributed by atoms with Crippen molar-refractivity contribution in [1.82, 2.24) is 15.1 Å². The molecule has 4 nitrogen and oxygen atoms in total. The minimum atomic E-state index is 0.648. The van der Waals surface area contributed by atoms with Gasteiger partial charge in [0.05, 0.1) is 6.54 Å². The summed E-state index contributed by atoms with van der Waals surface area (Å²) in [5, 5.41) is 3.40. The lowest BCUT2D eigenvalue weighted by Gasteiger charge is -2.24. The van der Waals surface area contributed by atoms with E-state index in [1.54, 1.807) is 0 Å². The number of nitrogens with zero attached hydrogens (tertiary/aromatic N) is 3. The Hall–Kier alpha value is -0.770. The fraction of sp³-hybridized carbons (Fsp3) is 0.929. The lowest BCUT2D eigenvalue weighted by Crippen LogP contribution is -2.40. The van der Waals surface area contributed by atoms with Gasteiger partial charge in [-0.1, -0.05) is 6.92 Å². The van der Waals surface area contributed by atoms with Crippen LogP contribution in [0.3, 0.4) is 0 Å². The summed E-state index contributed by atoms with van der Waals surface area (Å²) in [4.78, 5) is 9.51. The predicted octanol–water partition coefficient (Wildman–Crippen LogP) is 1.78. The van der Waals surface area contributed by atoms with Crippen molar-refractivity contribution in [1.29, 1.82) is 0 Å². The first kappa shape index (κ1) is 15.3. The Morgan fingerprint density at radius 3 is 2.56 bits per heavy atom. The van der Waals surface area contributed by atoms with Gasteiger partial charge >= 0.3 is 0 Å². The molecular formula is C14H30N4. The molecule has 1 rings (SSSR count). The maximum Gasteiger partial charge on any atom is 0.193 e. The highest BCUT2D eigenvalue weighted by Gasteiger charge is 2.15. The molecule has 1 saturated heterocycles. The number of rotatable bonds is 6. The summed E-state index contributed by atoms with van der Waals surface area (Å²) in [6.45, 7) is 11.8. The van der Waals surface area contributed by atoms with E-state index in [4.69, 9.17) is 4.99 Å². The molecule has 0 amide bonds. The standard InChI is InChI=1S/C14H30N4/c1-5-13(3)17(4)12-9-16-14(15-6-2)18-10-7-8-11-18/h13H,5-12H2,1-4H3,(H,15,16). The SMILES string of the molecule is CCNC(=NCCN(C)C(C)CC)N1CCCC1. The monoisotopic (exact) mass is 254 g/mol. The maximum atomic E-state index is 4.74. The Balaban J connectivity index is 2.40. The van der Waals surface area contributed by atoms with Crippen LogP contribution in [0.2, 0.25) is 0 Å². The predicted molar refractivity (Wildman–Crippen MR) is 79.2 cm³/mol. The Bertz CT molecular complexity index is 246. The van der Waals surface area contributed by atoms with Crippen molar-refractivity contribution in [2.75, 3.05) is 39.8 Å². The van der Waals surface area contributed by atoms with Gasteiger partial charge in [-0.3, -0.25) is 4.99 Å². The van der Waals surface area contributed by atoms with Gasteiger partial charge in [0, 0.05) is 32.2 Å². The van der Waals surface area contributed by atoms with Crippen molar-refractivity contribution in [3.8, 4) is 0 Å². The van der Waals surface area contributed by atoms with Crippen LogP contribution in [0.4, 0.5) is 0 Å². The number of nitrogens with one attached hydrogen (secondary N) is 1. The molecule has 0 bridgehead atoms. The van der Waals surface area contributed by atoms with Crippen LogP contribution in [0.15, 0.2) is 4.99 Å². The number of hydrogen-bond acceptors (Lipinski definition) is 2. The maximum absolute atomic E-state index is 4.74. The van der Waals surface area contributed by atoms with Crippen molar-refractivity contribution in [3.63, 3.8) is 0 Å². The lowest BCUT2D eigenvalue weighted by molar-refractivity contribution is 0.259. The Labute approximate surface area is 112 Å². The summed E-state index contributed by atoms with van der Waals surface area (Å²) in [5.41, 5.74) is 0. The summed E-state index contributed by atoms with van der Waals surface area (Å²) in [6, 6.07) is 0.648. The number of guanidine groups is 1. The van der Waals surface area contributed by atoms with Crippen LogP contribution in [0.1, 0.15) is 40.0 Å². The van der Waals surface area contributed by atoms with Crippen molar-refractivity contribution in [2.24, 2.45) is 4.99 Å². The molecule has 0 radical (unpaired) electrons. The zero-order valence-electron chi connectivity index (χ0n) is 12.6. The van der Waals surface area contributed by atoms with Crippen LogP contribution >= 0.6 is 0 Å². The number of likely N-dealkylation sites (N-methyl/N-ethyl adjacent to an activating group) is 1. The van der Waals surface area contributed by atoms with Gasteiger partial charge in [0.15, 0.2) is 5.96 Å². The summed E-state index contributed by atoms with van der Waals surface area (Å²) >= 11 is 0. The van der Waals surface area contributed by atoms with Crippen LogP contribution < -0.4 is 5.32 Å². The molecule has 1 heterocycles. The van der Waals surface area contributed by atoms with Gasteiger partial charge < -0.3 is 15.1 Å². The van der Waals surface area contributed by atoms with Gasteiger partial charge in [0.1, 0.15) is 0 Å². The quantitative estimate of drug-likeness (QED) is 0.579. The lowest BCUT2D eigenvalue weighted by atomic mass is 10.2. The third kappa shape index (κ3) is 4.84. The van der Waals surface area contributed by atoms with Gasteiger partial charge in [-0.05, 0) is 40.2 Å². The fourth-order valence-electron chi connectivity index (χ4n) is 2.20. The van der Waals surface area contributed by atoms with Gasteiger partial charge in [0.2, 0.25) is 0 Å². The van der Waals surface area contributed by atoms with Gasteiger partial charge in [-0.25, -0.2) is 0 Å². The second-order valence-corrected chi connectivity index (χ2v) is 5.17. The van der Waals surface area contributed by atoms with Gasteiger partial charge in [0.25, 0.3) is 0 Å². The minimum Gasteiger partial charge on any atom is -0.357 e. The normalized spacial score (nSPS) is 18.5. The summed E-state index contributed by atoms with van der Waals surface area (Å²) < 4.78 is 0. The molecule has 1 N–H and O–H groups in total. The van der Waals surface area contributed by atoms with Crippen LogP contribution in [-0.4, -0.2) is 61.6 Å². The highest BCUT2D eigenvalue weighted by atomic mass is 15.3. The summed E-state index contributed by atoms with van der Waals surface area (Å²) in [7, 11) is 2.19. The van der Waals surface area contributed by atoms with E-state index in [-0.39, 0.29) is 0 Å². The van der Waals surface area contributed by atoms with E-state index in [9.17, 15) is 0 Å². The third-order valence-electron chi connectivity index (χ3n) is 3.80. The van der Waals surface area contributed by atoms with Crippen LogP contribution in [-0.2, 0) is 0 Å². The van der Waals surface area contributed by atoms with Gasteiger partial charge in [-0.15, -0.1) is 0 Å². The fourth-order valence-corrected chi connectivity index (χ4v) is 2.20. The number of likely N-dealkylation sites (tertiary alicyclic amines) is 1. The molecule has 106 valence electrons. The number of aliphatic imine (C=N–C) groups is 1. The molecule has 18 heavy (non-hydrogen) atoms. The van der Waals surface area contributed by atoms with E-state index in [1.165, 1.54) is 19.3 Å². The zero-order chi connectivity index (χ0) is 13.4. The molecule has 0 spiro atoms. The smallest absolute Gasteiger partial charge is 0.193 e. The Morgan fingerprint density at radius 1 is 1.33 bits per heavy atom. The molecule has 0 aromatic rings. The van der Waals surface area contributed by atoms with Crippen LogP contribution in [0.5, 0.6) is 0 Å². The van der Waals surface area contributed by atoms with Crippen molar-refractivity contribution >= 4 is 5.96 Å². The van der Waals surface area contributed by atoms with Crippen molar-refractivity contribution in [2.45, 2.75) is 46.1 Å². The Morgan fingerprint density at radius 2 is 2.00 bits per heavy atom. The Kier molecular flexibility index (Phi) is 7.09. The van der Waals surface area contributed by atoms with E-state index < -0.39 is 0 Å². The first-order valence-corrected chi connectivity index (χ1v) is 7.42. The third-order valence-corrected chi connectivity index (χ3v) is 3.80. The van der Waals surface area contributed by atoms with E-state index >= 15 is 0 Å². The van der Waals surface area contributed by atoms with Gasteiger partial charge in [-0.2, -0.15) is 0 Å². The molecule has 1 unspecified atom stereocenters. The minimum absolute atomic E-state index is 0.648. The van der Waals surface area contributed by atoms with Crippen molar-refractivity contribution in [3.05, 3.63) is 0 Å². The van der Waals surface area contributed by atoms with E-state index in [0.717, 1.165) is 38.7 Å². The molecule has 1 atom stereocenters. The molecule has 0 saturated carbocycles. The van der Waals surface area contributed by atoms with Crippen LogP contribution in [0, 0.1) is 0 Å².